The lowest BCUT2D eigenvalue weighted by Crippen LogP contribution is -2.29. The van der Waals surface area contributed by atoms with E-state index in [0.717, 1.165) is 11.4 Å². The molecule has 0 unspecified atom stereocenters. The predicted octanol–water partition coefficient (Wildman–Crippen LogP) is 11.1. The minimum absolute atomic E-state index is 0.443. The van der Waals surface area contributed by atoms with Gasteiger partial charge in [0.15, 0.2) is 0 Å². The molecule has 0 saturated carbocycles. The maximum Gasteiger partial charge on any atom is 0.0719 e. The molecule has 44 heavy (non-hydrogen) atoms. The fourth-order valence-corrected chi connectivity index (χ4v) is 7.05. The van der Waals surface area contributed by atoms with E-state index in [2.05, 4.69) is 187 Å². The third-order valence-corrected chi connectivity index (χ3v) is 8.94. The van der Waals surface area contributed by atoms with Crippen LogP contribution in [0.5, 0.6) is 0 Å². The van der Waals surface area contributed by atoms with E-state index in [4.69, 9.17) is 0 Å². The minimum Gasteiger partial charge on any atom is -0.356 e. The molecule has 0 amide bonds. The monoisotopic (exact) mass is 561 g/mol. The summed E-state index contributed by atoms with van der Waals surface area (Å²) in [6.45, 7) is 0. The topological polar surface area (TPSA) is 12.0 Å². The Morgan fingerprint density at radius 2 is 0.795 bits per heavy atom. The Morgan fingerprint density at radius 1 is 0.318 bits per heavy atom. The van der Waals surface area contributed by atoms with Gasteiger partial charge in [-0.1, -0.05) is 158 Å². The van der Waals surface area contributed by atoms with E-state index >= 15 is 0 Å². The van der Waals surface area contributed by atoms with Gasteiger partial charge >= 0.3 is 0 Å². The van der Waals surface area contributed by atoms with Crippen molar-refractivity contribution in [1.82, 2.24) is 0 Å². The molecule has 0 aromatic heterocycles. The Hall–Kier alpha value is -5.66. The summed E-state index contributed by atoms with van der Waals surface area (Å²) in [6.07, 6.45) is 0. The molecule has 1 heteroatoms. The van der Waals surface area contributed by atoms with Gasteiger partial charge in [-0.25, -0.2) is 0 Å². The molecular formula is C43H31N. The molecule has 1 nitrogen and oxygen atoms in total. The highest BCUT2D eigenvalue weighted by Gasteiger charge is 2.46. The van der Waals surface area contributed by atoms with Gasteiger partial charge in [0.05, 0.1) is 5.41 Å². The first-order chi connectivity index (χ1) is 21.8. The van der Waals surface area contributed by atoms with Crippen LogP contribution in [0, 0.1) is 0 Å². The van der Waals surface area contributed by atoms with Gasteiger partial charge in [0.25, 0.3) is 0 Å². The summed E-state index contributed by atoms with van der Waals surface area (Å²) in [6, 6.07) is 65.8. The Kier molecular flexibility index (Phi) is 6.43. The summed E-state index contributed by atoms with van der Waals surface area (Å²) < 4.78 is 0. The van der Waals surface area contributed by atoms with E-state index in [9.17, 15) is 0 Å². The summed E-state index contributed by atoms with van der Waals surface area (Å²) in [4.78, 5) is 0. The van der Waals surface area contributed by atoms with Crippen molar-refractivity contribution in [1.29, 1.82) is 0 Å². The number of fused-ring (bicyclic) bond motifs is 3. The molecule has 1 aliphatic carbocycles. The second-order valence-electron chi connectivity index (χ2n) is 11.4. The molecule has 0 aliphatic heterocycles. The second kappa shape index (κ2) is 10.9. The van der Waals surface area contributed by atoms with Crippen molar-refractivity contribution >= 4 is 11.4 Å². The number of hydrogen-bond acceptors (Lipinski definition) is 1. The van der Waals surface area contributed by atoms with E-state index in [0.29, 0.717) is 0 Å². The van der Waals surface area contributed by atoms with Gasteiger partial charge in [0, 0.05) is 11.4 Å². The minimum atomic E-state index is -0.443. The quantitative estimate of drug-likeness (QED) is 0.213. The lowest BCUT2D eigenvalue weighted by molar-refractivity contribution is 0.770. The van der Waals surface area contributed by atoms with Gasteiger partial charge in [0.2, 0.25) is 0 Å². The lowest BCUT2D eigenvalue weighted by atomic mass is 9.66. The average molecular weight is 562 g/mol. The fraction of sp³-hybridized carbons (Fsp3) is 0.0233. The van der Waals surface area contributed by atoms with Crippen LogP contribution in [0.25, 0.3) is 33.4 Å². The van der Waals surface area contributed by atoms with Gasteiger partial charge < -0.3 is 5.32 Å². The van der Waals surface area contributed by atoms with Crippen molar-refractivity contribution < 1.29 is 0 Å². The van der Waals surface area contributed by atoms with Crippen molar-refractivity contribution in [2.75, 3.05) is 5.32 Å². The number of benzene rings is 7. The lowest BCUT2D eigenvalue weighted by Gasteiger charge is -2.35. The zero-order valence-electron chi connectivity index (χ0n) is 24.3. The maximum atomic E-state index is 3.65. The van der Waals surface area contributed by atoms with Crippen LogP contribution in [-0.2, 0) is 5.41 Å². The highest BCUT2D eigenvalue weighted by Crippen LogP contribution is 2.57. The molecule has 0 spiro atoms. The molecule has 0 saturated heterocycles. The van der Waals surface area contributed by atoms with Crippen LogP contribution in [0.3, 0.4) is 0 Å². The van der Waals surface area contributed by atoms with Crippen molar-refractivity contribution in [3.63, 3.8) is 0 Å². The van der Waals surface area contributed by atoms with E-state index in [-0.39, 0.29) is 0 Å². The fourth-order valence-electron chi connectivity index (χ4n) is 7.05. The van der Waals surface area contributed by atoms with Gasteiger partial charge in [-0.3, -0.25) is 0 Å². The first-order valence-electron chi connectivity index (χ1n) is 15.2. The smallest absolute Gasteiger partial charge is 0.0719 e. The number of hydrogen-bond donors (Lipinski definition) is 1. The van der Waals surface area contributed by atoms with Crippen LogP contribution in [0.15, 0.2) is 182 Å². The third kappa shape index (κ3) is 4.25. The van der Waals surface area contributed by atoms with Crippen LogP contribution < -0.4 is 5.32 Å². The molecule has 0 atom stereocenters. The van der Waals surface area contributed by atoms with Crippen LogP contribution in [0.4, 0.5) is 11.4 Å². The Bertz CT molecular complexity index is 2030. The van der Waals surface area contributed by atoms with Gasteiger partial charge in [0.1, 0.15) is 0 Å². The van der Waals surface area contributed by atoms with E-state index in [1.807, 2.05) is 0 Å². The number of rotatable bonds is 6. The molecule has 0 heterocycles. The zero-order chi connectivity index (χ0) is 29.3. The molecule has 7 aromatic rings. The number of nitrogens with one attached hydrogen (secondary N) is 1. The van der Waals surface area contributed by atoms with Crippen molar-refractivity contribution in [3.8, 4) is 33.4 Å². The normalized spacial score (nSPS) is 12.7. The highest BCUT2D eigenvalue weighted by molar-refractivity contribution is 5.89. The predicted molar refractivity (Wildman–Crippen MR) is 184 cm³/mol. The zero-order valence-corrected chi connectivity index (χ0v) is 24.3. The van der Waals surface area contributed by atoms with Crippen molar-refractivity contribution in [3.05, 3.63) is 204 Å². The molecule has 7 aromatic carbocycles. The molecule has 0 radical (unpaired) electrons. The number of anilines is 2. The standard InChI is InChI=1S/C43H31N/c1-3-14-31(15-4-1)32-26-28-35(29-27-32)44-36-19-13-16-33(30-36)37-20-7-10-23-40(37)43(34-17-5-2-6-18-34)41-24-11-8-21-38(41)39-22-9-12-25-42(39)43/h1-30,44H. The van der Waals surface area contributed by atoms with Crippen LogP contribution in [0.2, 0.25) is 0 Å². The van der Waals surface area contributed by atoms with Crippen LogP contribution in [-0.4, -0.2) is 0 Å². The maximum absolute atomic E-state index is 3.65. The largest absolute Gasteiger partial charge is 0.356 e. The summed E-state index contributed by atoms with van der Waals surface area (Å²) in [5, 5.41) is 3.65. The van der Waals surface area contributed by atoms with E-state index < -0.39 is 5.41 Å². The highest BCUT2D eigenvalue weighted by atomic mass is 14.9. The Morgan fingerprint density at radius 3 is 1.43 bits per heavy atom. The third-order valence-electron chi connectivity index (χ3n) is 8.94. The molecular weight excluding hydrogens is 530 g/mol. The summed E-state index contributed by atoms with van der Waals surface area (Å²) in [5.41, 5.74) is 14.3. The first kappa shape index (κ1) is 26.0. The van der Waals surface area contributed by atoms with Gasteiger partial charge in [-0.15, -0.1) is 0 Å². The molecule has 1 aliphatic rings. The van der Waals surface area contributed by atoms with E-state index in [1.54, 1.807) is 0 Å². The molecule has 0 fully saturated rings. The van der Waals surface area contributed by atoms with Crippen molar-refractivity contribution in [2.24, 2.45) is 0 Å². The first-order valence-corrected chi connectivity index (χ1v) is 15.2. The van der Waals surface area contributed by atoms with Crippen LogP contribution in [0.1, 0.15) is 22.3 Å². The molecule has 8 rings (SSSR count). The summed E-state index contributed by atoms with van der Waals surface area (Å²) >= 11 is 0. The average Bonchev–Trinajstić information content (AvgIpc) is 3.41. The summed E-state index contributed by atoms with van der Waals surface area (Å²) in [7, 11) is 0. The molecule has 0 bridgehead atoms. The Labute approximate surface area is 259 Å². The summed E-state index contributed by atoms with van der Waals surface area (Å²) in [5.74, 6) is 0. The molecule has 208 valence electrons. The SMILES string of the molecule is c1ccc(-c2ccc(Nc3cccc(-c4ccccc4C4(c5ccccc5)c5ccccc5-c5ccccc54)c3)cc2)cc1. The second-order valence-corrected chi connectivity index (χ2v) is 11.4. The van der Waals surface area contributed by atoms with Gasteiger partial charge in [-0.05, 0) is 79.9 Å². The van der Waals surface area contributed by atoms with Crippen LogP contribution >= 0.6 is 0 Å². The molecule has 1 N–H and O–H groups in total. The van der Waals surface area contributed by atoms with Gasteiger partial charge in [-0.2, -0.15) is 0 Å². The van der Waals surface area contributed by atoms with E-state index in [1.165, 1.54) is 55.6 Å². The van der Waals surface area contributed by atoms with Crippen molar-refractivity contribution in [2.45, 2.75) is 5.41 Å². The Balaban J connectivity index is 1.25.